The summed E-state index contributed by atoms with van der Waals surface area (Å²) in [5, 5.41) is 32.2. The molecule has 1 saturated heterocycles. The predicted octanol–water partition coefficient (Wildman–Crippen LogP) is 4.60. The molecule has 0 spiro atoms. The van der Waals surface area contributed by atoms with E-state index in [0.717, 1.165) is 16.8 Å². The lowest BCUT2D eigenvalue weighted by molar-refractivity contribution is -0.123. The molecule has 0 bridgehead atoms. The monoisotopic (exact) mass is 524 g/mol. The minimum absolute atomic E-state index is 0.149. The minimum Gasteiger partial charge on any atom is -0.507 e. The number of aliphatic hydroxyl groups is 2. The summed E-state index contributed by atoms with van der Waals surface area (Å²) in [6.07, 6.45) is 3.76. The number of benzene rings is 2. The van der Waals surface area contributed by atoms with Crippen LogP contribution in [0.4, 0.5) is 5.69 Å². The quantitative estimate of drug-likeness (QED) is 0.293. The summed E-state index contributed by atoms with van der Waals surface area (Å²) in [7, 11) is 0. The Morgan fingerprint density at radius 3 is 2.44 bits per heavy atom. The van der Waals surface area contributed by atoms with Crippen LogP contribution in [0.3, 0.4) is 0 Å². The molecule has 1 aliphatic heterocycles. The summed E-state index contributed by atoms with van der Waals surface area (Å²) < 4.78 is 0. The minimum atomic E-state index is -0.923. The fourth-order valence-electron chi connectivity index (χ4n) is 6.02. The second-order valence-corrected chi connectivity index (χ2v) is 10.2. The van der Waals surface area contributed by atoms with Crippen LogP contribution in [0.1, 0.15) is 37.4 Å². The number of carbonyl (C=O) groups is 2. The number of allylic oxidation sites excluding steroid dienone is 2. The summed E-state index contributed by atoms with van der Waals surface area (Å²) in [6.45, 7) is 1.53. The number of rotatable bonds is 8. The van der Waals surface area contributed by atoms with Gasteiger partial charge < -0.3 is 15.3 Å². The van der Waals surface area contributed by atoms with Gasteiger partial charge in [-0.1, -0.05) is 48.0 Å². The maximum Gasteiger partial charge on any atom is 0.238 e. The number of hydrogen-bond acceptors (Lipinski definition) is 6. The van der Waals surface area contributed by atoms with E-state index in [4.69, 9.17) is 0 Å². The number of phenols is 1. The van der Waals surface area contributed by atoms with Crippen molar-refractivity contribution in [3.05, 3.63) is 101 Å². The van der Waals surface area contributed by atoms with E-state index in [0.29, 0.717) is 36.1 Å². The number of amides is 2. The van der Waals surface area contributed by atoms with Crippen molar-refractivity contribution in [3.63, 3.8) is 0 Å². The summed E-state index contributed by atoms with van der Waals surface area (Å²) in [4.78, 5) is 32.5. The molecule has 0 unspecified atom stereocenters. The Morgan fingerprint density at radius 2 is 1.74 bits per heavy atom. The molecule has 2 heterocycles. The molecule has 200 valence electrons. The van der Waals surface area contributed by atoms with E-state index in [-0.39, 0.29) is 24.2 Å². The highest BCUT2D eigenvalue weighted by molar-refractivity contribution is 6.22. The van der Waals surface area contributed by atoms with Crippen LogP contribution >= 0.6 is 0 Å². The van der Waals surface area contributed by atoms with Crippen LogP contribution < -0.4 is 4.90 Å². The van der Waals surface area contributed by atoms with Gasteiger partial charge in [0.05, 0.1) is 35.9 Å². The van der Waals surface area contributed by atoms with Gasteiger partial charge in [-0.15, -0.1) is 0 Å². The Balaban J connectivity index is 1.41. The second-order valence-electron chi connectivity index (χ2n) is 10.2. The topological polar surface area (TPSA) is 111 Å². The van der Waals surface area contributed by atoms with Gasteiger partial charge in [0.15, 0.2) is 0 Å². The smallest absolute Gasteiger partial charge is 0.238 e. The third-order valence-corrected chi connectivity index (χ3v) is 7.85. The highest BCUT2D eigenvalue weighted by Gasteiger charge is 2.54. The number of phenolic OH excluding ortho intramolecular Hbond substituents is 1. The zero-order valence-corrected chi connectivity index (χ0v) is 21.8. The Morgan fingerprint density at radius 1 is 1.03 bits per heavy atom. The lowest BCUT2D eigenvalue weighted by atomic mass is 9.68. The Kier molecular flexibility index (Phi) is 7.72. The zero-order chi connectivity index (χ0) is 27.5. The number of fused-ring (bicyclic) bond motifs is 1. The number of nitrogens with zero attached hydrogens (tertiary/aromatic N) is 2. The van der Waals surface area contributed by atoms with Gasteiger partial charge in [0.1, 0.15) is 5.75 Å². The average Bonchev–Trinajstić information content (AvgIpc) is 3.20. The largest absolute Gasteiger partial charge is 0.507 e. The third-order valence-electron chi connectivity index (χ3n) is 7.85. The van der Waals surface area contributed by atoms with Crippen LogP contribution in [0.25, 0.3) is 11.6 Å². The number of aromatic nitrogens is 1. The molecule has 0 saturated carbocycles. The zero-order valence-electron chi connectivity index (χ0n) is 21.8. The number of pyridine rings is 1. The first-order valence-electron chi connectivity index (χ1n) is 13.2. The van der Waals surface area contributed by atoms with Crippen molar-refractivity contribution in [1.29, 1.82) is 0 Å². The summed E-state index contributed by atoms with van der Waals surface area (Å²) in [5.74, 6) is -2.37. The summed E-state index contributed by atoms with van der Waals surface area (Å²) in [6, 6.07) is 21.5. The first-order chi connectivity index (χ1) is 18.9. The normalized spacial score (nSPS) is 22.3. The lowest BCUT2D eigenvalue weighted by Gasteiger charge is -2.35. The first kappa shape index (κ1) is 26.5. The van der Waals surface area contributed by atoms with Crippen LogP contribution in [0.2, 0.25) is 0 Å². The van der Waals surface area contributed by atoms with E-state index in [9.17, 15) is 24.9 Å². The summed E-state index contributed by atoms with van der Waals surface area (Å²) >= 11 is 0. The van der Waals surface area contributed by atoms with Gasteiger partial charge in [-0.3, -0.25) is 19.5 Å². The van der Waals surface area contributed by atoms with Gasteiger partial charge in [-0.25, -0.2) is 0 Å². The van der Waals surface area contributed by atoms with Crippen molar-refractivity contribution in [2.45, 2.75) is 32.3 Å². The molecule has 2 aliphatic rings. The molecule has 39 heavy (non-hydrogen) atoms. The van der Waals surface area contributed by atoms with Crippen molar-refractivity contribution in [1.82, 2.24) is 4.98 Å². The molecule has 3 aromatic rings. The van der Waals surface area contributed by atoms with Crippen LogP contribution in [-0.2, 0) is 9.59 Å². The van der Waals surface area contributed by atoms with Crippen LogP contribution in [0.5, 0.6) is 5.75 Å². The lowest BCUT2D eigenvalue weighted by Crippen LogP contribution is -2.38. The molecule has 1 aromatic heterocycles. The molecule has 1 fully saturated rings. The molecule has 7 heteroatoms. The van der Waals surface area contributed by atoms with Gasteiger partial charge in [-0.05, 0) is 73.7 Å². The van der Waals surface area contributed by atoms with Crippen molar-refractivity contribution in [3.8, 4) is 5.75 Å². The third kappa shape index (κ3) is 5.15. The maximum atomic E-state index is 13.5. The number of anilines is 1. The number of para-hydroxylation sites is 2. The maximum absolute atomic E-state index is 13.5. The highest BCUT2D eigenvalue weighted by atomic mass is 16.3. The molecule has 5 rings (SSSR count). The standard InChI is InChI=1S/C32H32N2O5/c1-20-17-24-30(32(39)34(31(24)38)23-10-3-2-4-11-23)25(19-35)29(20)28(37)15-14-21(26-12-7-8-16-33-26)18-22-9-5-6-13-27(22)36/h2-13,16,18,24-25,28,30,35-37H,14-15,17,19H2,1H3/b21-18-/t24-,25+,28-,30-/m1/s1. The van der Waals surface area contributed by atoms with E-state index in [1.807, 2.05) is 49.4 Å². The predicted molar refractivity (Wildman–Crippen MR) is 149 cm³/mol. The first-order valence-corrected chi connectivity index (χ1v) is 13.2. The van der Waals surface area contributed by atoms with Crippen molar-refractivity contribution in [2.75, 3.05) is 11.5 Å². The molecule has 0 radical (unpaired) electrons. The van der Waals surface area contributed by atoms with Gasteiger partial charge in [0, 0.05) is 17.7 Å². The van der Waals surface area contributed by atoms with E-state index >= 15 is 0 Å². The van der Waals surface area contributed by atoms with E-state index in [1.165, 1.54) is 4.90 Å². The Bertz CT molecular complexity index is 1420. The molecular weight excluding hydrogens is 492 g/mol. The fourth-order valence-corrected chi connectivity index (χ4v) is 6.02. The Labute approximate surface area is 227 Å². The SMILES string of the molecule is CC1=C([C@H](O)CC/C(=C/c2ccccc2O)c2ccccn2)[C@H](CO)[C@@H]2C(=O)N(c3ccccc3)C(=O)[C@@H]2C1. The molecule has 7 nitrogen and oxygen atoms in total. The molecule has 2 aromatic carbocycles. The van der Waals surface area contributed by atoms with Crippen molar-refractivity contribution in [2.24, 2.45) is 17.8 Å². The van der Waals surface area contributed by atoms with Gasteiger partial charge in [0.25, 0.3) is 0 Å². The fraction of sp³-hybridized carbons (Fsp3) is 0.281. The number of carbonyl (C=O) groups excluding carboxylic acids is 2. The number of aliphatic hydroxyl groups excluding tert-OH is 2. The molecule has 4 atom stereocenters. The number of imide groups is 1. The van der Waals surface area contributed by atoms with E-state index in [1.54, 1.807) is 42.6 Å². The van der Waals surface area contributed by atoms with Crippen LogP contribution in [0.15, 0.2) is 90.1 Å². The van der Waals surface area contributed by atoms with E-state index < -0.39 is 23.9 Å². The number of hydrogen-bond donors (Lipinski definition) is 3. The van der Waals surface area contributed by atoms with Crippen LogP contribution in [-0.4, -0.2) is 44.8 Å². The molecule has 1 aliphatic carbocycles. The molecule has 2 amide bonds. The van der Waals surface area contributed by atoms with Crippen LogP contribution in [0, 0.1) is 17.8 Å². The van der Waals surface area contributed by atoms with Gasteiger partial charge in [-0.2, -0.15) is 0 Å². The van der Waals surface area contributed by atoms with Gasteiger partial charge >= 0.3 is 0 Å². The Hall–Kier alpha value is -4.07. The second kappa shape index (κ2) is 11.4. The number of aromatic hydroxyl groups is 1. The molecule has 3 N–H and O–H groups in total. The van der Waals surface area contributed by atoms with Crippen molar-refractivity contribution >= 4 is 29.2 Å². The van der Waals surface area contributed by atoms with E-state index in [2.05, 4.69) is 4.98 Å². The average molecular weight is 525 g/mol. The van der Waals surface area contributed by atoms with Crippen molar-refractivity contribution < 1.29 is 24.9 Å². The highest BCUT2D eigenvalue weighted by Crippen LogP contribution is 2.47. The van der Waals surface area contributed by atoms with Gasteiger partial charge in [0.2, 0.25) is 11.8 Å². The molecular formula is C32H32N2O5. The summed E-state index contributed by atoms with van der Waals surface area (Å²) in [5.41, 5.74) is 4.21.